The minimum atomic E-state index is -0.721. The first kappa shape index (κ1) is 11.5. The van der Waals surface area contributed by atoms with Crippen molar-refractivity contribution in [3.05, 3.63) is 0 Å². The van der Waals surface area contributed by atoms with Gasteiger partial charge in [0.05, 0.1) is 6.42 Å². The van der Waals surface area contributed by atoms with Crippen LogP contribution in [0.1, 0.15) is 26.7 Å². The van der Waals surface area contributed by atoms with E-state index in [1.165, 1.54) is 0 Å². The van der Waals surface area contributed by atoms with Gasteiger partial charge in [-0.15, -0.1) is 0 Å². The van der Waals surface area contributed by atoms with E-state index in [-0.39, 0.29) is 18.5 Å². The summed E-state index contributed by atoms with van der Waals surface area (Å²) < 4.78 is 0. The highest BCUT2D eigenvalue weighted by Crippen LogP contribution is 2.21. The van der Waals surface area contributed by atoms with Gasteiger partial charge in [-0.05, 0) is 32.7 Å². The molecule has 0 bridgehead atoms. The maximum absolute atomic E-state index is 10.5. The normalized spacial score (nSPS) is 27.5. The molecule has 0 aromatic heterocycles. The monoisotopic (exact) mass is 200 g/mol. The summed E-state index contributed by atoms with van der Waals surface area (Å²) in [6.07, 6.45) is 1.33. The molecular formula is C10H20N2O2. The fourth-order valence-corrected chi connectivity index (χ4v) is 2.03. The van der Waals surface area contributed by atoms with Crippen LogP contribution in [-0.2, 0) is 4.79 Å². The number of rotatable bonds is 4. The van der Waals surface area contributed by atoms with Gasteiger partial charge in [0.2, 0.25) is 0 Å². The quantitative estimate of drug-likeness (QED) is 0.694. The van der Waals surface area contributed by atoms with Gasteiger partial charge >= 0.3 is 5.97 Å². The Morgan fingerprint density at radius 3 is 2.71 bits per heavy atom. The van der Waals surface area contributed by atoms with Gasteiger partial charge in [0.25, 0.3) is 0 Å². The lowest BCUT2D eigenvalue weighted by Gasteiger charge is -2.23. The van der Waals surface area contributed by atoms with Crippen molar-refractivity contribution in [1.82, 2.24) is 4.90 Å². The van der Waals surface area contributed by atoms with Crippen molar-refractivity contribution in [2.45, 2.75) is 38.8 Å². The van der Waals surface area contributed by atoms with Gasteiger partial charge in [-0.1, -0.05) is 0 Å². The summed E-state index contributed by atoms with van der Waals surface area (Å²) in [4.78, 5) is 12.8. The van der Waals surface area contributed by atoms with Crippen LogP contribution < -0.4 is 5.73 Å². The summed E-state index contributed by atoms with van der Waals surface area (Å²) >= 11 is 0. The lowest BCUT2D eigenvalue weighted by atomic mass is 10.0. The number of likely N-dealkylation sites (tertiary alicyclic amines) is 1. The van der Waals surface area contributed by atoms with Crippen LogP contribution in [0.4, 0.5) is 0 Å². The van der Waals surface area contributed by atoms with E-state index < -0.39 is 5.97 Å². The summed E-state index contributed by atoms with van der Waals surface area (Å²) in [5, 5.41) is 8.67. The third kappa shape index (κ3) is 2.96. The standard InChI is InChI=1S/C10H20N2O2/c1-7(5-10(13)14)12-4-3-9(6-12)8(2)11/h7-9H,3-6,11H2,1-2H3,(H,13,14). The minimum Gasteiger partial charge on any atom is -0.481 e. The zero-order chi connectivity index (χ0) is 10.7. The third-order valence-electron chi connectivity index (χ3n) is 3.09. The van der Waals surface area contributed by atoms with E-state index in [4.69, 9.17) is 10.8 Å². The van der Waals surface area contributed by atoms with Gasteiger partial charge in [-0.2, -0.15) is 0 Å². The Bertz CT molecular complexity index is 206. The third-order valence-corrected chi connectivity index (χ3v) is 3.09. The van der Waals surface area contributed by atoms with Crippen LogP contribution in [0.25, 0.3) is 0 Å². The summed E-state index contributed by atoms with van der Waals surface area (Å²) in [7, 11) is 0. The predicted molar refractivity (Wildman–Crippen MR) is 55.0 cm³/mol. The summed E-state index contributed by atoms with van der Waals surface area (Å²) in [5.41, 5.74) is 5.82. The topological polar surface area (TPSA) is 66.6 Å². The van der Waals surface area contributed by atoms with Gasteiger partial charge in [-0.3, -0.25) is 9.69 Å². The molecule has 0 radical (unpaired) electrons. The molecule has 1 rings (SSSR count). The molecule has 82 valence electrons. The van der Waals surface area contributed by atoms with Crippen molar-refractivity contribution in [1.29, 1.82) is 0 Å². The highest BCUT2D eigenvalue weighted by atomic mass is 16.4. The fraction of sp³-hybridized carbons (Fsp3) is 0.900. The van der Waals surface area contributed by atoms with Gasteiger partial charge in [-0.25, -0.2) is 0 Å². The molecular weight excluding hydrogens is 180 g/mol. The van der Waals surface area contributed by atoms with E-state index in [1.54, 1.807) is 0 Å². The Kier molecular flexibility index (Phi) is 3.89. The number of aliphatic carboxylic acids is 1. The maximum Gasteiger partial charge on any atom is 0.304 e. The molecule has 0 aromatic carbocycles. The van der Waals surface area contributed by atoms with Crippen molar-refractivity contribution < 1.29 is 9.90 Å². The van der Waals surface area contributed by atoms with Crippen LogP contribution in [0.15, 0.2) is 0 Å². The van der Waals surface area contributed by atoms with Crippen molar-refractivity contribution in [3.63, 3.8) is 0 Å². The Hall–Kier alpha value is -0.610. The molecule has 1 aliphatic heterocycles. The highest BCUT2D eigenvalue weighted by molar-refractivity contribution is 5.67. The van der Waals surface area contributed by atoms with Crippen LogP contribution in [0.5, 0.6) is 0 Å². The molecule has 0 amide bonds. The first-order chi connectivity index (χ1) is 6.50. The molecule has 3 atom stereocenters. The SMILES string of the molecule is CC(N)C1CCN(C(C)CC(=O)O)C1. The molecule has 0 aliphatic carbocycles. The fourth-order valence-electron chi connectivity index (χ4n) is 2.03. The molecule has 3 N–H and O–H groups in total. The molecule has 0 spiro atoms. The van der Waals surface area contributed by atoms with Crippen LogP contribution in [0.2, 0.25) is 0 Å². The number of nitrogens with two attached hydrogens (primary N) is 1. The van der Waals surface area contributed by atoms with E-state index in [0.29, 0.717) is 5.92 Å². The minimum absolute atomic E-state index is 0.135. The highest BCUT2D eigenvalue weighted by Gasteiger charge is 2.28. The summed E-state index contributed by atoms with van der Waals surface area (Å²) in [6, 6.07) is 0.355. The van der Waals surface area contributed by atoms with Crippen LogP contribution in [0, 0.1) is 5.92 Å². The van der Waals surface area contributed by atoms with Crippen LogP contribution in [0.3, 0.4) is 0 Å². The molecule has 0 saturated carbocycles. The second kappa shape index (κ2) is 4.75. The van der Waals surface area contributed by atoms with Gasteiger partial charge in [0.15, 0.2) is 0 Å². The molecule has 1 saturated heterocycles. The van der Waals surface area contributed by atoms with Crippen molar-refractivity contribution in [2.75, 3.05) is 13.1 Å². The number of hydrogen-bond acceptors (Lipinski definition) is 3. The molecule has 3 unspecified atom stereocenters. The molecule has 1 aliphatic rings. The number of hydrogen-bond donors (Lipinski definition) is 2. The van der Waals surface area contributed by atoms with Gasteiger partial charge in [0.1, 0.15) is 0 Å². The lowest BCUT2D eigenvalue weighted by molar-refractivity contribution is -0.138. The second-order valence-electron chi connectivity index (χ2n) is 4.35. The largest absolute Gasteiger partial charge is 0.481 e. The van der Waals surface area contributed by atoms with E-state index in [9.17, 15) is 4.79 Å². The van der Waals surface area contributed by atoms with Gasteiger partial charge in [0, 0.05) is 18.6 Å². The zero-order valence-electron chi connectivity index (χ0n) is 8.94. The average molecular weight is 200 g/mol. The molecule has 0 aromatic rings. The number of carboxylic acid groups (broad SMARTS) is 1. The molecule has 1 heterocycles. The maximum atomic E-state index is 10.5. The first-order valence-electron chi connectivity index (χ1n) is 5.22. The Labute approximate surface area is 85.1 Å². The second-order valence-corrected chi connectivity index (χ2v) is 4.35. The van der Waals surface area contributed by atoms with Crippen molar-refractivity contribution in [2.24, 2.45) is 11.7 Å². The average Bonchev–Trinajstić information content (AvgIpc) is 2.50. The zero-order valence-corrected chi connectivity index (χ0v) is 8.94. The number of carbonyl (C=O) groups is 1. The van der Waals surface area contributed by atoms with Crippen molar-refractivity contribution in [3.8, 4) is 0 Å². The smallest absolute Gasteiger partial charge is 0.304 e. The lowest BCUT2D eigenvalue weighted by Crippen LogP contribution is -2.35. The molecule has 1 fully saturated rings. The van der Waals surface area contributed by atoms with Crippen LogP contribution >= 0.6 is 0 Å². The molecule has 4 heteroatoms. The Morgan fingerprint density at radius 2 is 2.29 bits per heavy atom. The van der Waals surface area contributed by atoms with Crippen molar-refractivity contribution >= 4 is 5.97 Å². The van der Waals surface area contributed by atoms with E-state index in [2.05, 4.69) is 4.90 Å². The Balaban J connectivity index is 2.37. The molecule has 14 heavy (non-hydrogen) atoms. The van der Waals surface area contributed by atoms with E-state index in [1.807, 2.05) is 13.8 Å². The van der Waals surface area contributed by atoms with E-state index in [0.717, 1.165) is 19.5 Å². The number of nitrogens with zero attached hydrogens (tertiary/aromatic N) is 1. The summed E-state index contributed by atoms with van der Waals surface area (Å²) in [6.45, 7) is 5.93. The predicted octanol–water partition coefficient (Wildman–Crippen LogP) is 0.519. The summed E-state index contributed by atoms with van der Waals surface area (Å²) in [5.74, 6) is -0.187. The van der Waals surface area contributed by atoms with E-state index >= 15 is 0 Å². The molecule has 4 nitrogen and oxygen atoms in total. The van der Waals surface area contributed by atoms with Crippen LogP contribution in [-0.4, -0.2) is 41.1 Å². The van der Waals surface area contributed by atoms with Gasteiger partial charge < -0.3 is 10.8 Å². The first-order valence-corrected chi connectivity index (χ1v) is 5.22. The Morgan fingerprint density at radius 1 is 1.64 bits per heavy atom. The number of carboxylic acids is 1.